The van der Waals surface area contributed by atoms with Crippen molar-refractivity contribution >= 4 is 22.9 Å². The number of hydrogen-bond donors (Lipinski definition) is 2. The van der Waals surface area contributed by atoms with E-state index in [1.165, 1.54) is 0 Å². The highest BCUT2D eigenvalue weighted by Gasteiger charge is 2.11. The van der Waals surface area contributed by atoms with E-state index in [2.05, 4.69) is 20.6 Å². The largest absolute Gasteiger partial charge is 0.387 e. The normalized spacial score (nSPS) is 10.3. The summed E-state index contributed by atoms with van der Waals surface area (Å²) in [5, 5.41) is 8.98. The minimum Gasteiger partial charge on any atom is -0.387 e. The summed E-state index contributed by atoms with van der Waals surface area (Å²) in [5.74, 6) is -0.117. The zero-order valence-electron chi connectivity index (χ0n) is 11.9. The molecule has 0 saturated heterocycles. The first-order chi connectivity index (χ1) is 9.60. The highest BCUT2D eigenvalue weighted by molar-refractivity contribution is 7.09. The molecule has 6 heteroatoms. The molecule has 0 aliphatic heterocycles. The molecule has 2 aromatic rings. The lowest BCUT2D eigenvalue weighted by Crippen LogP contribution is -2.26. The van der Waals surface area contributed by atoms with Crippen LogP contribution in [0.4, 0.5) is 5.69 Å². The quantitative estimate of drug-likeness (QED) is 0.885. The first-order valence-electron chi connectivity index (χ1n) is 6.43. The molecule has 0 atom stereocenters. The van der Waals surface area contributed by atoms with Gasteiger partial charge in [0.05, 0.1) is 22.0 Å². The summed E-state index contributed by atoms with van der Waals surface area (Å²) in [6.07, 6.45) is 2.34. The van der Waals surface area contributed by atoms with E-state index in [9.17, 15) is 4.79 Å². The maximum atomic E-state index is 12.1. The molecule has 2 heterocycles. The van der Waals surface area contributed by atoms with Crippen LogP contribution in [0.1, 0.15) is 26.8 Å². The molecule has 0 bridgehead atoms. The van der Waals surface area contributed by atoms with Crippen molar-refractivity contribution in [3.63, 3.8) is 0 Å². The topological polar surface area (TPSA) is 66.9 Å². The lowest BCUT2D eigenvalue weighted by atomic mass is 10.2. The molecule has 0 radical (unpaired) electrons. The van der Waals surface area contributed by atoms with E-state index in [1.54, 1.807) is 24.6 Å². The molecule has 20 heavy (non-hydrogen) atoms. The van der Waals surface area contributed by atoms with E-state index in [-0.39, 0.29) is 5.91 Å². The Morgan fingerprint density at radius 2 is 2.20 bits per heavy atom. The third kappa shape index (κ3) is 3.54. The van der Waals surface area contributed by atoms with Gasteiger partial charge in [0.1, 0.15) is 0 Å². The molecule has 106 valence electrons. The monoisotopic (exact) mass is 290 g/mol. The van der Waals surface area contributed by atoms with Gasteiger partial charge in [0, 0.05) is 37.3 Å². The minimum atomic E-state index is -0.117. The van der Waals surface area contributed by atoms with Gasteiger partial charge < -0.3 is 10.6 Å². The second-order valence-corrected chi connectivity index (χ2v) is 5.55. The number of aromatic nitrogens is 2. The molecule has 0 spiro atoms. The Labute approximate surface area is 122 Å². The van der Waals surface area contributed by atoms with Crippen LogP contribution >= 0.6 is 11.3 Å². The molecular weight excluding hydrogens is 272 g/mol. The van der Waals surface area contributed by atoms with Gasteiger partial charge in [-0.25, -0.2) is 4.98 Å². The highest BCUT2D eigenvalue weighted by atomic mass is 32.1. The third-order valence-corrected chi connectivity index (χ3v) is 3.71. The number of aryl methyl sites for hydroxylation is 2. The van der Waals surface area contributed by atoms with Gasteiger partial charge in [0.2, 0.25) is 0 Å². The van der Waals surface area contributed by atoms with Crippen molar-refractivity contribution in [2.75, 3.05) is 18.9 Å². The lowest BCUT2D eigenvalue weighted by molar-refractivity contribution is 0.0954. The number of anilines is 1. The number of nitrogens with zero attached hydrogens (tertiary/aromatic N) is 2. The van der Waals surface area contributed by atoms with Crippen molar-refractivity contribution in [3.8, 4) is 0 Å². The number of carbonyl (C=O) groups excluding carboxylic acids is 1. The number of thiazole rings is 1. The SMILES string of the molecule is CNc1cc(C)ncc1C(=O)NCCc1csc(C)n1. The van der Waals surface area contributed by atoms with Gasteiger partial charge in [0.25, 0.3) is 5.91 Å². The molecule has 2 rings (SSSR count). The van der Waals surface area contributed by atoms with E-state index in [0.29, 0.717) is 12.1 Å². The first-order valence-corrected chi connectivity index (χ1v) is 7.31. The summed E-state index contributed by atoms with van der Waals surface area (Å²) >= 11 is 1.62. The molecule has 0 aromatic carbocycles. The van der Waals surface area contributed by atoms with Crippen LogP contribution in [-0.2, 0) is 6.42 Å². The second kappa shape index (κ2) is 6.47. The summed E-state index contributed by atoms with van der Waals surface area (Å²) in [6, 6.07) is 1.86. The van der Waals surface area contributed by atoms with E-state index in [4.69, 9.17) is 0 Å². The van der Waals surface area contributed by atoms with Gasteiger partial charge in [-0.1, -0.05) is 0 Å². The first kappa shape index (κ1) is 14.5. The zero-order valence-corrected chi connectivity index (χ0v) is 12.7. The average molecular weight is 290 g/mol. The third-order valence-electron chi connectivity index (χ3n) is 2.89. The maximum Gasteiger partial charge on any atom is 0.254 e. The summed E-state index contributed by atoms with van der Waals surface area (Å²) in [6.45, 7) is 4.44. The van der Waals surface area contributed by atoms with E-state index < -0.39 is 0 Å². The summed E-state index contributed by atoms with van der Waals surface area (Å²) in [4.78, 5) is 20.7. The Morgan fingerprint density at radius 1 is 1.40 bits per heavy atom. The fourth-order valence-electron chi connectivity index (χ4n) is 1.87. The molecule has 0 fully saturated rings. The standard InChI is InChI=1S/C14H18N4OS/c1-9-6-13(15-3)12(7-17-9)14(19)16-5-4-11-8-20-10(2)18-11/h6-8H,4-5H2,1-3H3,(H,15,17)(H,16,19). The predicted octanol–water partition coefficient (Wildman–Crippen LogP) is 2.17. The number of rotatable bonds is 5. The Bertz CT molecular complexity index is 609. The van der Waals surface area contributed by atoms with Crippen molar-refractivity contribution in [3.05, 3.63) is 39.6 Å². The van der Waals surface area contributed by atoms with Gasteiger partial charge in [-0.2, -0.15) is 0 Å². The molecule has 1 amide bonds. The number of hydrogen-bond acceptors (Lipinski definition) is 5. The van der Waals surface area contributed by atoms with Crippen LogP contribution in [0.3, 0.4) is 0 Å². The lowest BCUT2D eigenvalue weighted by Gasteiger charge is -2.09. The van der Waals surface area contributed by atoms with E-state index >= 15 is 0 Å². The molecule has 2 N–H and O–H groups in total. The number of amides is 1. The second-order valence-electron chi connectivity index (χ2n) is 4.49. The van der Waals surface area contributed by atoms with E-state index in [1.807, 2.05) is 25.3 Å². The van der Waals surface area contributed by atoms with Crippen LogP contribution in [0.5, 0.6) is 0 Å². The summed E-state index contributed by atoms with van der Waals surface area (Å²) in [5.41, 5.74) is 3.25. The minimum absolute atomic E-state index is 0.117. The van der Waals surface area contributed by atoms with Crippen LogP contribution in [0.2, 0.25) is 0 Å². The smallest absolute Gasteiger partial charge is 0.254 e. The predicted molar refractivity (Wildman–Crippen MR) is 81.4 cm³/mol. The molecule has 2 aromatic heterocycles. The zero-order chi connectivity index (χ0) is 14.5. The van der Waals surface area contributed by atoms with Crippen LogP contribution in [-0.4, -0.2) is 29.5 Å². The molecule has 0 aliphatic carbocycles. The van der Waals surface area contributed by atoms with Crippen LogP contribution in [0.25, 0.3) is 0 Å². The fourth-order valence-corrected chi connectivity index (χ4v) is 2.52. The van der Waals surface area contributed by atoms with E-state index in [0.717, 1.165) is 28.5 Å². The Balaban J connectivity index is 1.95. The van der Waals surface area contributed by atoms with Crippen molar-refractivity contribution in [2.24, 2.45) is 0 Å². The van der Waals surface area contributed by atoms with Crippen molar-refractivity contribution in [2.45, 2.75) is 20.3 Å². The average Bonchev–Trinajstić information content (AvgIpc) is 2.84. The van der Waals surface area contributed by atoms with Gasteiger partial charge >= 0.3 is 0 Å². The molecule has 0 aliphatic rings. The van der Waals surface area contributed by atoms with Crippen molar-refractivity contribution in [1.29, 1.82) is 0 Å². The fraction of sp³-hybridized carbons (Fsp3) is 0.357. The Kier molecular flexibility index (Phi) is 4.68. The van der Waals surface area contributed by atoms with Gasteiger partial charge in [-0.05, 0) is 19.9 Å². The van der Waals surface area contributed by atoms with Crippen molar-refractivity contribution < 1.29 is 4.79 Å². The molecule has 5 nitrogen and oxygen atoms in total. The maximum absolute atomic E-state index is 12.1. The summed E-state index contributed by atoms with van der Waals surface area (Å²) in [7, 11) is 1.80. The Hall–Kier alpha value is -1.95. The van der Waals surface area contributed by atoms with Crippen LogP contribution in [0, 0.1) is 13.8 Å². The highest BCUT2D eigenvalue weighted by Crippen LogP contribution is 2.14. The Morgan fingerprint density at radius 3 is 2.85 bits per heavy atom. The molecule has 0 saturated carbocycles. The number of pyridine rings is 1. The van der Waals surface area contributed by atoms with Crippen LogP contribution < -0.4 is 10.6 Å². The molecular formula is C14H18N4OS. The summed E-state index contributed by atoms with van der Waals surface area (Å²) < 4.78 is 0. The van der Waals surface area contributed by atoms with Gasteiger partial charge in [-0.3, -0.25) is 9.78 Å². The van der Waals surface area contributed by atoms with Gasteiger partial charge in [0.15, 0.2) is 0 Å². The van der Waals surface area contributed by atoms with Crippen LogP contribution in [0.15, 0.2) is 17.6 Å². The van der Waals surface area contributed by atoms with Gasteiger partial charge in [-0.15, -0.1) is 11.3 Å². The number of nitrogens with one attached hydrogen (secondary N) is 2. The molecule has 0 unspecified atom stereocenters. The van der Waals surface area contributed by atoms with Crippen molar-refractivity contribution in [1.82, 2.24) is 15.3 Å². The number of carbonyl (C=O) groups is 1.